The van der Waals surface area contributed by atoms with Gasteiger partial charge in [-0.1, -0.05) is 32.9 Å². The summed E-state index contributed by atoms with van der Waals surface area (Å²) in [7, 11) is 1.99. The second-order valence-corrected chi connectivity index (χ2v) is 6.80. The van der Waals surface area contributed by atoms with Crippen LogP contribution in [0.15, 0.2) is 29.6 Å². The Bertz CT molecular complexity index is 632. The van der Waals surface area contributed by atoms with Gasteiger partial charge in [0.05, 0.1) is 23.5 Å². The van der Waals surface area contributed by atoms with Crippen molar-refractivity contribution in [1.29, 1.82) is 5.26 Å². The van der Waals surface area contributed by atoms with Gasteiger partial charge in [-0.15, -0.1) is 11.3 Å². The first-order chi connectivity index (χ1) is 9.41. The maximum Gasteiger partial charge on any atom is 0.112 e. The van der Waals surface area contributed by atoms with Crippen molar-refractivity contribution in [2.24, 2.45) is 0 Å². The molecule has 0 N–H and O–H groups in total. The van der Waals surface area contributed by atoms with E-state index in [1.165, 1.54) is 0 Å². The van der Waals surface area contributed by atoms with Crippen molar-refractivity contribution in [3.63, 3.8) is 0 Å². The molecule has 0 saturated heterocycles. The number of benzene rings is 1. The molecular formula is C16H19N3S. The average Bonchev–Trinajstić information content (AvgIpc) is 2.87. The predicted molar refractivity (Wildman–Crippen MR) is 84.1 cm³/mol. The van der Waals surface area contributed by atoms with E-state index >= 15 is 0 Å². The third-order valence-electron chi connectivity index (χ3n) is 3.13. The normalized spacial score (nSPS) is 11.2. The number of para-hydroxylation sites is 1. The molecular weight excluding hydrogens is 266 g/mol. The Morgan fingerprint density at radius 2 is 2.00 bits per heavy atom. The molecule has 2 rings (SSSR count). The molecule has 1 aromatic carbocycles. The Morgan fingerprint density at radius 3 is 2.60 bits per heavy atom. The fourth-order valence-electron chi connectivity index (χ4n) is 1.92. The molecule has 3 nitrogen and oxygen atoms in total. The van der Waals surface area contributed by atoms with Crippen LogP contribution in [0.1, 0.15) is 37.0 Å². The molecule has 2 aromatic rings. The first-order valence-electron chi connectivity index (χ1n) is 6.57. The van der Waals surface area contributed by atoms with Crippen molar-refractivity contribution in [2.45, 2.75) is 32.7 Å². The number of rotatable bonds is 3. The number of hydrogen-bond donors (Lipinski definition) is 0. The number of anilines is 1. The molecule has 0 atom stereocenters. The van der Waals surface area contributed by atoms with Gasteiger partial charge in [0.2, 0.25) is 0 Å². The number of nitrogens with zero attached hydrogens (tertiary/aromatic N) is 3. The zero-order valence-corrected chi connectivity index (χ0v) is 13.2. The van der Waals surface area contributed by atoms with E-state index < -0.39 is 0 Å². The molecule has 0 spiro atoms. The van der Waals surface area contributed by atoms with Gasteiger partial charge in [-0.2, -0.15) is 5.26 Å². The number of nitriles is 1. The molecule has 20 heavy (non-hydrogen) atoms. The maximum absolute atomic E-state index is 9.15. The zero-order valence-electron chi connectivity index (χ0n) is 12.3. The summed E-state index contributed by atoms with van der Waals surface area (Å²) >= 11 is 1.68. The van der Waals surface area contributed by atoms with E-state index in [0.717, 1.165) is 22.9 Å². The van der Waals surface area contributed by atoms with Crippen LogP contribution in [-0.4, -0.2) is 12.0 Å². The molecule has 1 aromatic heterocycles. The van der Waals surface area contributed by atoms with Crippen molar-refractivity contribution in [3.8, 4) is 6.07 Å². The average molecular weight is 285 g/mol. The molecule has 0 bridgehead atoms. The van der Waals surface area contributed by atoms with E-state index in [1.54, 1.807) is 11.3 Å². The minimum Gasteiger partial charge on any atom is -0.367 e. The van der Waals surface area contributed by atoms with Crippen LogP contribution in [0, 0.1) is 11.3 Å². The molecule has 0 amide bonds. The van der Waals surface area contributed by atoms with Crippen molar-refractivity contribution in [2.75, 3.05) is 11.9 Å². The summed E-state index contributed by atoms with van der Waals surface area (Å²) in [6.45, 7) is 7.22. The highest BCUT2D eigenvalue weighted by Crippen LogP contribution is 2.26. The first-order valence-corrected chi connectivity index (χ1v) is 7.45. The van der Waals surface area contributed by atoms with Gasteiger partial charge in [-0.05, 0) is 12.1 Å². The van der Waals surface area contributed by atoms with Gasteiger partial charge in [0.15, 0.2) is 0 Å². The van der Waals surface area contributed by atoms with Gasteiger partial charge in [0.25, 0.3) is 0 Å². The molecule has 0 aliphatic rings. The largest absolute Gasteiger partial charge is 0.367 e. The van der Waals surface area contributed by atoms with E-state index in [1.807, 2.05) is 31.3 Å². The number of hydrogen-bond acceptors (Lipinski definition) is 4. The minimum absolute atomic E-state index is 0.0812. The summed E-state index contributed by atoms with van der Waals surface area (Å²) in [6, 6.07) is 9.88. The van der Waals surface area contributed by atoms with Crippen LogP contribution in [0.5, 0.6) is 0 Å². The van der Waals surface area contributed by atoms with Crippen LogP contribution >= 0.6 is 11.3 Å². The standard InChI is InChI=1S/C16H19N3S/c1-16(2,3)14-11-20-15(18-14)10-19(4)13-8-6-5-7-12(13)9-17/h5-8,11H,10H2,1-4H3. The van der Waals surface area contributed by atoms with E-state index in [4.69, 9.17) is 10.2 Å². The van der Waals surface area contributed by atoms with Crippen LogP contribution in [0.25, 0.3) is 0 Å². The highest BCUT2D eigenvalue weighted by atomic mass is 32.1. The Balaban J connectivity index is 2.18. The van der Waals surface area contributed by atoms with Gasteiger partial charge in [0.1, 0.15) is 11.1 Å². The van der Waals surface area contributed by atoms with Crippen molar-refractivity contribution in [1.82, 2.24) is 4.98 Å². The summed E-state index contributed by atoms with van der Waals surface area (Å²) in [6.07, 6.45) is 0. The molecule has 0 aliphatic carbocycles. The van der Waals surface area contributed by atoms with Gasteiger partial charge in [-0.25, -0.2) is 4.98 Å². The summed E-state index contributed by atoms with van der Waals surface area (Å²) < 4.78 is 0. The molecule has 0 radical (unpaired) electrons. The number of aromatic nitrogens is 1. The smallest absolute Gasteiger partial charge is 0.112 e. The summed E-state index contributed by atoms with van der Waals surface area (Å²) in [5.74, 6) is 0. The van der Waals surface area contributed by atoms with Gasteiger partial charge >= 0.3 is 0 Å². The van der Waals surface area contributed by atoms with Gasteiger partial charge in [-0.3, -0.25) is 0 Å². The van der Waals surface area contributed by atoms with E-state index in [9.17, 15) is 0 Å². The SMILES string of the molecule is CN(Cc1nc(C(C)(C)C)cs1)c1ccccc1C#N. The van der Waals surface area contributed by atoms with E-state index in [0.29, 0.717) is 5.56 Å². The summed E-state index contributed by atoms with van der Waals surface area (Å²) in [5, 5.41) is 12.4. The fourth-order valence-corrected chi connectivity index (χ4v) is 2.99. The van der Waals surface area contributed by atoms with Crippen LogP contribution in [0.2, 0.25) is 0 Å². The molecule has 104 valence electrons. The van der Waals surface area contributed by atoms with Gasteiger partial charge < -0.3 is 4.90 Å². The lowest BCUT2D eigenvalue weighted by atomic mass is 9.93. The van der Waals surface area contributed by atoms with Crippen LogP contribution in [-0.2, 0) is 12.0 Å². The van der Waals surface area contributed by atoms with E-state index in [-0.39, 0.29) is 5.41 Å². The van der Waals surface area contributed by atoms with Crippen LogP contribution < -0.4 is 4.90 Å². The topological polar surface area (TPSA) is 39.9 Å². The predicted octanol–water partition coefficient (Wildman–Crippen LogP) is 3.95. The summed E-state index contributed by atoms with van der Waals surface area (Å²) in [4.78, 5) is 6.77. The highest BCUT2D eigenvalue weighted by molar-refractivity contribution is 7.09. The Labute approximate surface area is 124 Å². The lowest BCUT2D eigenvalue weighted by Crippen LogP contribution is -2.18. The van der Waals surface area contributed by atoms with Crippen LogP contribution in [0.4, 0.5) is 5.69 Å². The third kappa shape index (κ3) is 3.17. The third-order valence-corrected chi connectivity index (χ3v) is 3.96. The molecule has 0 unspecified atom stereocenters. The minimum atomic E-state index is 0.0812. The van der Waals surface area contributed by atoms with E-state index in [2.05, 4.69) is 37.1 Å². The Kier molecular flexibility index (Phi) is 4.10. The zero-order chi connectivity index (χ0) is 14.8. The summed E-state index contributed by atoms with van der Waals surface area (Å²) in [5.41, 5.74) is 2.85. The van der Waals surface area contributed by atoms with Crippen LogP contribution in [0.3, 0.4) is 0 Å². The van der Waals surface area contributed by atoms with Crippen molar-refractivity contribution >= 4 is 17.0 Å². The Hall–Kier alpha value is -1.86. The second kappa shape index (κ2) is 5.64. The van der Waals surface area contributed by atoms with Gasteiger partial charge in [0, 0.05) is 17.8 Å². The number of thiazole rings is 1. The molecule has 0 saturated carbocycles. The highest BCUT2D eigenvalue weighted by Gasteiger charge is 2.18. The monoisotopic (exact) mass is 285 g/mol. The maximum atomic E-state index is 9.15. The van der Waals surface area contributed by atoms with Crippen molar-refractivity contribution in [3.05, 3.63) is 45.9 Å². The Morgan fingerprint density at radius 1 is 1.30 bits per heavy atom. The molecule has 0 aliphatic heterocycles. The van der Waals surface area contributed by atoms with Crippen molar-refractivity contribution < 1.29 is 0 Å². The molecule has 1 heterocycles. The fraction of sp³-hybridized carbons (Fsp3) is 0.375. The molecule has 0 fully saturated rings. The molecule has 4 heteroatoms. The second-order valence-electron chi connectivity index (χ2n) is 5.86. The quantitative estimate of drug-likeness (QED) is 0.857. The lowest BCUT2D eigenvalue weighted by Gasteiger charge is -2.19. The first kappa shape index (κ1) is 14.5. The lowest BCUT2D eigenvalue weighted by molar-refractivity contribution is 0.570.